The highest BCUT2D eigenvalue weighted by Crippen LogP contribution is 2.29. The number of methoxy groups -OCH3 is 1. The van der Waals surface area contributed by atoms with Crippen molar-refractivity contribution in [3.05, 3.63) is 45.6 Å². The third-order valence-electron chi connectivity index (χ3n) is 3.46. The van der Waals surface area contributed by atoms with Crippen LogP contribution < -0.4 is 14.8 Å². The lowest BCUT2D eigenvalue weighted by molar-refractivity contribution is -0.124. The number of nitrogens with one attached hydrogen (secondary N) is 1. The summed E-state index contributed by atoms with van der Waals surface area (Å²) < 4.78 is 38.9. The largest absolute Gasteiger partial charge is 0.493 e. The Bertz CT molecular complexity index is 794. The number of rotatable bonds is 9. The lowest BCUT2D eigenvalue weighted by Gasteiger charge is -2.11. The molecule has 1 aromatic heterocycles. The summed E-state index contributed by atoms with van der Waals surface area (Å²) in [5.41, 5.74) is 0.764. The van der Waals surface area contributed by atoms with E-state index in [1.54, 1.807) is 24.3 Å². The average molecular weight is 399 g/mol. The molecule has 1 aromatic carbocycles. The van der Waals surface area contributed by atoms with Crippen LogP contribution in [0.25, 0.3) is 0 Å². The highest BCUT2D eigenvalue weighted by molar-refractivity contribution is 7.13. The van der Waals surface area contributed by atoms with Gasteiger partial charge < -0.3 is 19.5 Å². The van der Waals surface area contributed by atoms with E-state index < -0.39 is 18.5 Å². The van der Waals surface area contributed by atoms with Crippen molar-refractivity contribution in [2.24, 2.45) is 0 Å². The number of alkyl halides is 2. The third-order valence-corrected chi connectivity index (χ3v) is 4.44. The van der Waals surface area contributed by atoms with Gasteiger partial charge in [0.05, 0.1) is 7.11 Å². The van der Waals surface area contributed by atoms with Crippen molar-refractivity contribution >= 4 is 23.2 Å². The number of carbonyl (C=O) groups is 2. The summed E-state index contributed by atoms with van der Waals surface area (Å²) in [6, 6.07) is 7.99. The molecule has 6 nitrogen and oxygen atoms in total. The molecule has 0 saturated heterocycles. The molecular formula is C18H19F2NO5S. The number of esters is 1. The van der Waals surface area contributed by atoms with Crippen LogP contribution in [-0.2, 0) is 16.0 Å². The Morgan fingerprint density at radius 3 is 2.59 bits per heavy atom. The Morgan fingerprint density at radius 1 is 1.19 bits per heavy atom. The fraction of sp³-hybridized carbons (Fsp3) is 0.333. The van der Waals surface area contributed by atoms with Crippen LogP contribution >= 0.6 is 11.3 Å². The van der Waals surface area contributed by atoms with E-state index in [4.69, 9.17) is 9.47 Å². The van der Waals surface area contributed by atoms with Crippen LogP contribution in [0.4, 0.5) is 8.78 Å². The Hall–Kier alpha value is -2.68. The summed E-state index contributed by atoms with van der Waals surface area (Å²) in [6.07, 6.45) is 0.440. The molecule has 146 valence electrons. The molecule has 2 rings (SSSR count). The highest BCUT2D eigenvalue weighted by atomic mass is 32.1. The summed E-state index contributed by atoms with van der Waals surface area (Å²) in [7, 11) is 1.35. The number of thiophene rings is 1. The van der Waals surface area contributed by atoms with Gasteiger partial charge in [0.25, 0.3) is 5.91 Å². The van der Waals surface area contributed by atoms with E-state index in [2.05, 4.69) is 10.1 Å². The van der Waals surface area contributed by atoms with Crippen LogP contribution in [0.3, 0.4) is 0 Å². The standard InChI is InChI=1S/C18H19F2NO5S/c1-11-3-6-15(27-11)17(23)25-10-16(22)21-8-7-12-4-5-13(26-18(19)20)14(9-12)24-2/h3-6,9,18H,7-8,10H2,1-2H3,(H,21,22). The molecule has 1 heterocycles. The van der Waals surface area contributed by atoms with Crippen molar-refractivity contribution in [2.75, 3.05) is 20.3 Å². The van der Waals surface area contributed by atoms with Crippen molar-refractivity contribution in [1.82, 2.24) is 5.32 Å². The van der Waals surface area contributed by atoms with E-state index in [-0.39, 0.29) is 24.7 Å². The zero-order valence-electron chi connectivity index (χ0n) is 14.8. The summed E-state index contributed by atoms with van der Waals surface area (Å²) >= 11 is 1.30. The van der Waals surface area contributed by atoms with Crippen molar-refractivity contribution in [1.29, 1.82) is 0 Å². The van der Waals surface area contributed by atoms with Gasteiger partial charge in [0.2, 0.25) is 0 Å². The second-order valence-corrected chi connectivity index (χ2v) is 6.74. The second kappa shape index (κ2) is 9.86. The minimum absolute atomic E-state index is 0.0592. The number of halogens is 2. The molecule has 0 unspecified atom stereocenters. The lowest BCUT2D eigenvalue weighted by Crippen LogP contribution is -2.30. The van der Waals surface area contributed by atoms with E-state index in [0.29, 0.717) is 11.3 Å². The van der Waals surface area contributed by atoms with Gasteiger partial charge in [0.1, 0.15) is 4.88 Å². The molecule has 0 aliphatic heterocycles. The molecule has 0 bridgehead atoms. The maximum atomic E-state index is 12.3. The third kappa shape index (κ3) is 6.52. The molecule has 2 aromatic rings. The predicted octanol–water partition coefficient (Wildman–Crippen LogP) is 3.18. The molecule has 0 radical (unpaired) electrons. The van der Waals surface area contributed by atoms with Gasteiger partial charge in [-0.3, -0.25) is 4.79 Å². The number of ether oxygens (including phenoxy) is 3. The molecule has 9 heteroatoms. The molecule has 0 aliphatic carbocycles. The molecule has 0 spiro atoms. The molecule has 0 aliphatic rings. The first-order chi connectivity index (χ1) is 12.9. The number of amides is 1. The highest BCUT2D eigenvalue weighted by Gasteiger charge is 2.13. The molecule has 1 N–H and O–H groups in total. The maximum Gasteiger partial charge on any atom is 0.387 e. The fourth-order valence-electron chi connectivity index (χ4n) is 2.20. The van der Waals surface area contributed by atoms with Crippen LogP contribution in [0, 0.1) is 6.92 Å². The smallest absolute Gasteiger partial charge is 0.387 e. The van der Waals surface area contributed by atoms with Gasteiger partial charge in [-0.05, 0) is 43.2 Å². The quantitative estimate of drug-likeness (QED) is 0.656. The molecule has 27 heavy (non-hydrogen) atoms. The SMILES string of the molecule is COc1cc(CCNC(=O)COC(=O)c2ccc(C)s2)ccc1OC(F)F. The topological polar surface area (TPSA) is 73.9 Å². The van der Waals surface area contributed by atoms with E-state index >= 15 is 0 Å². The Balaban J connectivity index is 1.76. The summed E-state index contributed by atoms with van der Waals surface area (Å²) in [5.74, 6) is -0.848. The van der Waals surface area contributed by atoms with E-state index in [1.165, 1.54) is 24.5 Å². The molecule has 0 atom stereocenters. The molecule has 0 fully saturated rings. The Labute approximate surface area is 159 Å². The van der Waals surface area contributed by atoms with Gasteiger partial charge in [0.15, 0.2) is 18.1 Å². The van der Waals surface area contributed by atoms with Crippen molar-refractivity contribution in [2.45, 2.75) is 20.0 Å². The summed E-state index contributed by atoms with van der Waals surface area (Å²) in [5, 5.41) is 2.62. The minimum atomic E-state index is -2.94. The molecular weight excluding hydrogens is 380 g/mol. The molecule has 0 saturated carbocycles. The second-order valence-electron chi connectivity index (χ2n) is 5.45. The van der Waals surface area contributed by atoms with Crippen LogP contribution in [0.5, 0.6) is 11.5 Å². The summed E-state index contributed by atoms with van der Waals surface area (Å²) in [4.78, 5) is 24.9. The van der Waals surface area contributed by atoms with Crippen LogP contribution in [0.2, 0.25) is 0 Å². The predicted molar refractivity (Wildman–Crippen MR) is 95.7 cm³/mol. The van der Waals surface area contributed by atoms with Crippen molar-refractivity contribution < 1.29 is 32.6 Å². The normalized spacial score (nSPS) is 10.6. The Morgan fingerprint density at radius 2 is 1.96 bits per heavy atom. The first kappa shape index (κ1) is 20.6. The Kier molecular flexibility index (Phi) is 7.54. The van der Waals surface area contributed by atoms with Crippen LogP contribution in [0.15, 0.2) is 30.3 Å². The zero-order valence-corrected chi connectivity index (χ0v) is 15.6. The number of carbonyl (C=O) groups excluding carboxylic acids is 2. The average Bonchev–Trinajstić information content (AvgIpc) is 3.07. The van der Waals surface area contributed by atoms with E-state index in [0.717, 1.165) is 10.4 Å². The monoisotopic (exact) mass is 399 g/mol. The van der Waals surface area contributed by atoms with Crippen molar-refractivity contribution in [3.8, 4) is 11.5 Å². The van der Waals surface area contributed by atoms with Crippen LogP contribution in [-0.4, -0.2) is 38.7 Å². The first-order valence-corrected chi connectivity index (χ1v) is 8.82. The van der Waals surface area contributed by atoms with Crippen LogP contribution in [0.1, 0.15) is 20.1 Å². The summed E-state index contributed by atoms with van der Waals surface area (Å²) in [6.45, 7) is -1.16. The zero-order chi connectivity index (χ0) is 19.8. The number of benzene rings is 1. The minimum Gasteiger partial charge on any atom is -0.493 e. The number of aryl methyl sites for hydroxylation is 1. The van der Waals surface area contributed by atoms with Gasteiger partial charge >= 0.3 is 12.6 Å². The number of hydrogen-bond acceptors (Lipinski definition) is 6. The first-order valence-electron chi connectivity index (χ1n) is 8.01. The van der Waals surface area contributed by atoms with Gasteiger partial charge in [-0.25, -0.2) is 4.79 Å². The lowest BCUT2D eigenvalue weighted by atomic mass is 10.1. The maximum absolute atomic E-state index is 12.3. The van der Waals surface area contributed by atoms with Gasteiger partial charge in [-0.2, -0.15) is 8.78 Å². The van der Waals surface area contributed by atoms with Crippen molar-refractivity contribution in [3.63, 3.8) is 0 Å². The van der Waals surface area contributed by atoms with E-state index in [1.807, 2.05) is 6.92 Å². The van der Waals surface area contributed by atoms with Gasteiger partial charge in [0, 0.05) is 11.4 Å². The molecule has 1 amide bonds. The number of hydrogen-bond donors (Lipinski definition) is 1. The van der Waals surface area contributed by atoms with Gasteiger partial charge in [-0.1, -0.05) is 6.07 Å². The van der Waals surface area contributed by atoms with E-state index in [9.17, 15) is 18.4 Å². The van der Waals surface area contributed by atoms with Gasteiger partial charge in [-0.15, -0.1) is 11.3 Å². The fourth-order valence-corrected chi connectivity index (χ4v) is 2.97.